The van der Waals surface area contributed by atoms with Crippen molar-refractivity contribution in [3.63, 3.8) is 0 Å². The summed E-state index contributed by atoms with van der Waals surface area (Å²) in [4.78, 5) is 15.2. The summed E-state index contributed by atoms with van der Waals surface area (Å²) in [5.41, 5.74) is 2.26. The molecule has 0 atom stereocenters. The monoisotopic (exact) mass is 244 g/mol. The van der Waals surface area contributed by atoms with Crippen LogP contribution in [0.1, 0.15) is 19.0 Å². The van der Waals surface area contributed by atoms with Gasteiger partial charge >= 0.3 is 5.97 Å². The highest BCUT2D eigenvalue weighted by Crippen LogP contribution is 2.09. The van der Waals surface area contributed by atoms with E-state index in [1.165, 1.54) is 11.8 Å². The fourth-order valence-electron chi connectivity index (χ4n) is 1.81. The van der Waals surface area contributed by atoms with Gasteiger partial charge in [0.15, 0.2) is 0 Å². The van der Waals surface area contributed by atoms with Gasteiger partial charge in [-0.1, -0.05) is 12.1 Å². The Morgan fingerprint density at radius 2 is 2.39 bits per heavy atom. The first-order valence-corrected chi connectivity index (χ1v) is 6.04. The van der Waals surface area contributed by atoms with Crippen molar-refractivity contribution in [2.75, 3.05) is 6.61 Å². The number of aryl methyl sites for hydroxylation is 1. The average molecular weight is 244 g/mol. The quantitative estimate of drug-likeness (QED) is 0.599. The number of fused-ring (bicyclic) bond motifs is 1. The fourth-order valence-corrected chi connectivity index (χ4v) is 1.81. The van der Waals surface area contributed by atoms with Crippen LogP contribution in [-0.2, 0) is 16.0 Å². The third-order valence-corrected chi connectivity index (χ3v) is 2.64. The molecule has 18 heavy (non-hydrogen) atoms. The Bertz CT molecular complexity index is 558. The van der Waals surface area contributed by atoms with Crippen molar-refractivity contribution >= 4 is 11.5 Å². The minimum Gasteiger partial charge on any atom is -0.463 e. The van der Waals surface area contributed by atoms with Crippen molar-refractivity contribution in [1.29, 1.82) is 0 Å². The lowest BCUT2D eigenvalue weighted by molar-refractivity contribution is -0.137. The normalized spacial score (nSPS) is 11.2. The number of aromatic nitrogens is 2. The highest BCUT2D eigenvalue weighted by Gasteiger charge is 1.99. The lowest BCUT2D eigenvalue weighted by Crippen LogP contribution is -1.99. The first-order chi connectivity index (χ1) is 8.81. The summed E-state index contributed by atoms with van der Waals surface area (Å²) >= 11 is 0. The number of ether oxygens (including phenoxy) is 1. The Balaban J connectivity index is 1.94. The Kier molecular flexibility index (Phi) is 4.12. The largest absolute Gasteiger partial charge is 0.463 e. The Labute approximate surface area is 106 Å². The molecular weight excluding hydrogens is 228 g/mol. The van der Waals surface area contributed by atoms with E-state index in [0.29, 0.717) is 6.61 Å². The van der Waals surface area contributed by atoms with Crippen molar-refractivity contribution in [3.05, 3.63) is 48.6 Å². The second-order valence-electron chi connectivity index (χ2n) is 3.90. The van der Waals surface area contributed by atoms with Crippen molar-refractivity contribution in [2.24, 2.45) is 0 Å². The van der Waals surface area contributed by atoms with Crippen molar-refractivity contribution in [1.82, 2.24) is 9.38 Å². The predicted molar refractivity (Wildman–Crippen MR) is 69.3 cm³/mol. The number of nitrogens with zero attached hydrogens (tertiary/aromatic N) is 2. The number of imidazole rings is 1. The van der Waals surface area contributed by atoms with Crippen molar-refractivity contribution in [3.8, 4) is 0 Å². The van der Waals surface area contributed by atoms with Gasteiger partial charge in [-0.2, -0.15) is 0 Å². The maximum absolute atomic E-state index is 11.1. The topological polar surface area (TPSA) is 43.6 Å². The van der Waals surface area contributed by atoms with Crippen LogP contribution in [0.5, 0.6) is 0 Å². The molecule has 4 heteroatoms. The van der Waals surface area contributed by atoms with Crippen molar-refractivity contribution in [2.45, 2.75) is 19.8 Å². The van der Waals surface area contributed by atoms with Crippen LogP contribution in [0, 0.1) is 0 Å². The summed E-state index contributed by atoms with van der Waals surface area (Å²) in [5.74, 6) is -0.279. The number of pyridine rings is 1. The van der Waals surface area contributed by atoms with Gasteiger partial charge in [0.1, 0.15) is 0 Å². The minimum absolute atomic E-state index is 0.279. The van der Waals surface area contributed by atoms with Gasteiger partial charge in [-0.05, 0) is 31.9 Å². The number of carbonyl (C=O) groups excluding carboxylic acids is 1. The number of hydrogen-bond donors (Lipinski definition) is 0. The molecule has 0 aliphatic heterocycles. The molecule has 2 aromatic rings. The molecule has 0 spiro atoms. The molecule has 0 fully saturated rings. The van der Waals surface area contributed by atoms with Crippen LogP contribution in [0.15, 0.2) is 42.9 Å². The standard InChI is InChI=1S/C14H16N2O2/c1-2-18-14(17)9-4-3-6-12-7-5-8-13-10-15-11-16(12)13/h4-5,7-11H,2-3,6H2,1H3/b9-4+. The molecule has 0 amide bonds. The number of esters is 1. The predicted octanol–water partition coefficient (Wildman–Crippen LogP) is 2.39. The number of hydrogen-bond acceptors (Lipinski definition) is 3. The molecule has 0 saturated carbocycles. The van der Waals surface area contributed by atoms with Gasteiger partial charge in [-0.25, -0.2) is 9.78 Å². The fraction of sp³-hybridized carbons (Fsp3) is 0.286. The molecule has 0 unspecified atom stereocenters. The number of rotatable bonds is 5. The SMILES string of the molecule is CCOC(=O)/C=C/CCc1cccc2cncn12. The van der Waals surface area contributed by atoms with Crippen LogP contribution in [-0.4, -0.2) is 22.0 Å². The molecule has 0 bridgehead atoms. The minimum atomic E-state index is -0.279. The zero-order valence-corrected chi connectivity index (χ0v) is 10.4. The van der Waals surface area contributed by atoms with E-state index in [9.17, 15) is 4.79 Å². The molecule has 2 aromatic heterocycles. The van der Waals surface area contributed by atoms with E-state index in [2.05, 4.69) is 15.5 Å². The molecule has 0 saturated heterocycles. The first-order valence-electron chi connectivity index (χ1n) is 6.04. The summed E-state index contributed by atoms with van der Waals surface area (Å²) in [5, 5.41) is 0. The maximum Gasteiger partial charge on any atom is 0.330 e. The summed E-state index contributed by atoms with van der Waals surface area (Å²) < 4.78 is 6.86. The summed E-state index contributed by atoms with van der Waals surface area (Å²) in [7, 11) is 0. The zero-order chi connectivity index (χ0) is 12.8. The van der Waals surface area contributed by atoms with E-state index in [1.54, 1.807) is 13.3 Å². The van der Waals surface area contributed by atoms with Gasteiger partial charge in [0, 0.05) is 11.8 Å². The summed E-state index contributed by atoms with van der Waals surface area (Å²) in [6.07, 6.45) is 8.63. The smallest absolute Gasteiger partial charge is 0.330 e. The van der Waals surface area contributed by atoms with E-state index in [0.717, 1.165) is 18.4 Å². The molecule has 4 nitrogen and oxygen atoms in total. The molecule has 0 aromatic carbocycles. The molecule has 0 N–H and O–H groups in total. The Morgan fingerprint density at radius 3 is 3.22 bits per heavy atom. The van der Waals surface area contributed by atoms with Gasteiger partial charge in [-0.3, -0.25) is 0 Å². The maximum atomic E-state index is 11.1. The summed E-state index contributed by atoms with van der Waals surface area (Å²) in [6.45, 7) is 2.21. The van der Waals surface area contributed by atoms with Gasteiger partial charge in [-0.15, -0.1) is 0 Å². The molecule has 0 aliphatic rings. The van der Waals surface area contributed by atoms with Gasteiger partial charge in [0.2, 0.25) is 0 Å². The van der Waals surface area contributed by atoms with Crippen LogP contribution in [0.25, 0.3) is 5.52 Å². The number of carbonyl (C=O) groups is 1. The lowest BCUT2D eigenvalue weighted by atomic mass is 10.2. The van der Waals surface area contributed by atoms with Gasteiger partial charge < -0.3 is 9.14 Å². The van der Waals surface area contributed by atoms with Crippen LogP contribution >= 0.6 is 0 Å². The molecule has 0 aliphatic carbocycles. The van der Waals surface area contributed by atoms with Gasteiger partial charge in [0.25, 0.3) is 0 Å². The van der Waals surface area contributed by atoms with Crippen LogP contribution in [0.3, 0.4) is 0 Å². The van der Waals surface area contributed by atoms with Crippen molar-refractivity contribution < 1.29 is 9.53 Å². The average Bonchev–Trinajstić information content (AvgIpc) is 2.84. The molecule has 0 radical (unpaired) electrons. The molecule has 94 valence electrons. The first kappa shape index (κ1) is 12.4. The van der Waals surface area contributed by atoms with Crippen LogP contribution in [0.4, 0.5) is 0 Å². The van der Waals surface area contributed by atoms with E-state index in [4.69, 9.17) is 4.74 Å². The highest BCUT2D eigenvalue weighted by molar-refractivity contribution is 5.81. The van der Waals surface area contributed by atoms with Crippen LogP contribution < -0.4 is 0 Å². The number of allylic oxidation sites excluding steroid dienone is 1. The Morgan fingerprint density at radius 1 is 1.50 bits per heavy atom. The van der Waals surface area contributed by atoms with Crippen LogP contribution in [0.2, 0.25) is 0 Å². The van der Waals surface area contributed by atoms with E-state index in [1.807, 2.05) is 24.4 Å². The molecular formula is C14H16N2O2. The zero-order valence-electron chi connectivity index (χ0n) is 10.4. The van der Waals surface area contributed by atoms with E-state index >= 15 is 0 Å². The summed E-state index contributed by atoms with van der Waals surface area (Å²) in [6, 6.07) is 6.10. The third-order valence-electron chi connectivity index (χ3n) is 2.64. The third kappa shape index (κ3) is 2.97. The second-order valence-corrected chi connectivity index (χ2v) is 3.90. The lowest BCUT2D eigenvalue weighted by Gasteiger charge is -2.03. The molecule has 2 rings (SSSR count). The van der Waals surface area contributed by atoms with E-state index < -0.39 is 0 Å². The second kappa shape index (κ2) is 6.00. The Hall–Kier alpha value is -2.10. The van der Waals surface area contributed by atoms with E-state index in [-0.39, 0.29) is 5.97 Å². The highest BCUT2D eigenvalue weighted by atomic mass is 16.5. The molecule has 2 heterocycles. The van der Waals surface area contributed by atoms with Gasteiger partial charge in [0.05, 0.1) is 24.6 Å².